The van der Waals surface area contributed by atoms with Crippen LogP contribution >= 0.6 is 15.9 Å². The van der Waals surface area contributed by atoms with Gasteiger partial charge in [0.15, 0.2) is 0 Å². The summed E-state index contributed by atoms with van der Waals surface area (Å²) in [6.45, 7) is 6.01. The van der Waals surface area contributed by atoms with Crippen molar-refractivity contribution in [3.63, 3.8) is 0 Å². The third kappa shape index (κ3) is 1.78. The van der Waals surface area contributed by atoms with Crippen molar-refractivity contribution in [2.45, 2.75) is 40.0 Å². The summed E-state index contributed by atoms with van der Waals surface area (Å²) in [6.07, 6.45) is 1.75. The maximum Gasteiger partial charge on any atom is 0.231 e. The molecule has 1 amide bonds. The van der Waals surface area contributed by atoms with E-state index in [4.69, 9.17) is 0 Å². The molecule has 2 aliphatic carbocycles. The third-order valence-corrected chi connectivity index (χ3v) is 6.98. The molecule has 0 aromatic heterocycles. The van der Waals surface area contributed by atoms with E-state index in [0.717, 1.165) is 6.42 Å². The number of Topliss-reactive ketones (excluding diaryl/α,β-unsaturated/α-hetero) is 1. The summed E-state index contributed by atoms with van der Waals surface area (Å²) < 4.78 is 13.7. The fourth-order valence-electron chi connectivity index (χ4n) is 4.19. The van der Waals surface area contributed by atoms with Crippen LogP contribution in [0.15, 0.2) is 22.7 Å². The Bertz CT molecular complexity index is 687. The van der Waals surface area contributed by atoms with Crippen LogP contribution in [0.1, 0.15) is 40.0 Å². The molecule has 5 heteroatoms. The van der Waals surface area contributed by atoms with Gasteiger partial charge in [0.05, 0.1) is 11.1 Å². The Morgan fingerprint density at radius 1 is 1.27 bits per heavy atom. The molecular weight excluding hydrogens is 349 g/mol. The number of fused-ring (bicyclic) bond motifs is 2. The summed E-state index contributed by atoms with van der Waals surface area (Å²) in [5.41, 5.74) is -0.949. The summed E-state index contributed by atoms with van der Waals surface area (Å²) in [7, 11) is 0. The number of nitrogens with one attached hydrogen (secondary N) is 1. The molecule has 2 atom stereocenters. The number of benzene rings is 1. The molecule has 2 saturated carbocycles. The Hall–Kier alpha value is -1.23. The maximum atomic E-state index is 13.2. The first-order chi connectivity index (χ1) is 10.1. The highest BCUT2D eigenvalue weighted by atomic mass is 79.9. The zero-order valence-electron chi connectivity index (χ0n) is 12.9. The lowest BCUT2D eigenvalue weighted by molar-refractivity contribution is -0.131. The number of halogens is 2. The van der Waals surface area contributed by atoms with E-state index in [1.165, 1.54) is 18.2 Å². The first kappa shape index (κ1) is 15.7. The molecule has 3 nitrogen and oxygen atoms in total. The Kier molecular flexibility index (Phi) is 3.30. The maximum absolute atomic E-state index is 13.2. The van der Waals surface area contributed by atoms with Gasteiger partial charge in [-0.3, -0.25) is 9.59 Å². The van der Waals surface area contributed by atoms with Crippen LogP contribution in [0, 0.1) is 22.1 Å². The topological polar surface area (TPSA) is 46.2 Å². The minimum atomic E-state index is -0.674. The Morgan fingerprint density at radius 2 is 1.95 bits per heavy atom. The molecule has 0 aliphatic heterocycles. The van der Waals surface area contributed by atoms with E-state index in [1.807, 2.05) is 20.8 Å². The second-order valence-corrected chi connectivity index (χ2v) is 8.07. The number of rotatable bonds is 2. The summed E-state index contributed by atoms with van der Waals surface area (Å²) >= 11 is 3.26. The van der Waals surface area contributed by atoms with E-state index in [0.29, 0.717) is 23.0 Å². The lowest BCUT2D eigenvalue weighted by atomic mass is 9.64. The summed E-state index contributed by atoms with van der Waals surface area (Å²) in [5.74, 6) is -0.329. The van der Waals surface area contributed by atoms with Crippen LogP contribution in [0.5, 0.6) is 0 Å². The normalized spacial score (nSPS) is 32.3. The molecule has 2 aliphatic rings. The minimum Gasteiger partial charge on any atom is -0.325 e. The minimum absolute atomic E-state index is 0.139. The molecule has 1 N–H and O–H groups in total. The second kappa shape index (κ2) is 4.63. The van der Waals surface area contributed by atoms with E-state index in [9.17, 15) is 14.0 Å². The molecule has 0 heterocycles. The quantitative estimate of drug-likeness (QED) is 0.846. The fraction of sp³-hybridized carbons (Fsp3) is 0.529. The molecule has 2 fully saturated rings. The average molecular weight is 368 g/mol. The number of ketones is 1. The van der Waals surface area contributed by atoms with Gasteiger partial charge in [0.2, 0.25) is 5.91 Å². The van der Waals surface area contributed by atoms with Gasteiger partial charge >= 0.3 is 0 Å². The molecule has 0 spiro atoms. The Balaban J connectivity index is 1.94. The SMILES string of the molecule is CC1(C)[C@@]2(C(=O)Nc3ccc(F)cc3Br)CC[C@]1(C)C(=O)C2. The molecule has 22 heavy (non-hydrogen) atoms. The standard InChI is InChI=1S/C17H19BrFNO2/c1-15(2)16(3)6-7-17(15,9-13(16)21)14(22)20-12-5-4-10(19)8-11(12)18/h4-5,8H,6-7,9H2,1-3H3,(H,20,22)/t16-,17+/m1/s1. The van der Waals surface area contributed by atoms with Gasteiger partial charge in [0, 0.05) is 16.3 Å². The van der Waals surface area contributed by atoms with Crippen molar-refractivity contribution in [1.82, 2.24) is 0 Å². The summed E-state index contributed by atoms with van der Waals surface area (Å²) in [6, 6.07) is 4.16. The van der Waals surface area contributed by atoms with Crippen molar-refractivity contribution in [3.05, 3.63) is 28.5 Å². The number of carbonyl (C=O) groups excluding carboxylic acids is 2. The van der Waals surface area contributed by atoms with Crippen molar-refractivity contribution >= 4 is 33.3 Å². The largest absolute Gasteiger partial charge is 0.325 e. The highest BCUT2D eigenvalue weighted by Crippen LogP contribution is 2.70. The van der Waals surface area contributed by atoms with Gasteiger partial charge in [-0.05, 0) is 52.4 Å². The van der Waals surface area contributed by atoms with Gasteiger partial charge in [-0.2, -0.15) is 0 Å². The van der Waals surface area contributed by atoms with E-state index in [2.05, 4.69) is 21.2 Å². The number of anilines is 1. The van der Waals surface area contributed by atoms with E-state index < -0.39 is 10.8 Å². The second-order valence-electron chi connectivity index (χ2n) is 7.22. The van der Waals surface area contributed by atoms with Crippen LogP contribution in [-0.2, 0) is 9.59 Å². The van der Waals surface area contributed by atoms with Crippen LogP contribution in [0.25, 0.3) is 0 Å². The highest BCUT2D eigenvalue weighted by Gasteiger charge is 2.72. The Morgan fingerprint density at radius 3 is 2.45 bits per heavy atom. The lowest BCUT2D eigenvalue weighted by Crippen LogP contribution is -2.43. The first-order valence-electron chi connectivity index (χ1n) is 7.44. The summed E-state index contributed by atoms with van der Waals surface area (Å²) in [5, 5.41) is 2.89. The van der Waals surface area contributed by atoms with Crippen molar-refractivity contribution < 1.29 is 14.0 Å². The van der Waals surface area contributed by atoms with Crippen LogP contribution in [0.4, 0.5) is 10.1 Å². The number of carbonyl (C=O) groups is 2. The van der Waals surface area contributed by atoms with Gasteiger partial charge < -0.3 is 5.32 Å². The summed E-state index contributed by atoms with van der Waals surface area (Å²) in [4.78, 5) is 25.4. The molecule has 0 saturated heterocycles. The molecule has 1 aromatic rings. The van der Waals surface area contributed by atoms with Crippen molar-refractivity contribution in [3.8, 4) is 0 Å². The van der Waals surface area contributed by atoms with E-state index in [-0.39, 0.29) is 22.9 Å². The molecule has 1 aromatic carbocycles. The highest BCUT2D eigenvalue weighted by molar-refractivity contribution is 9.10. The van der Waals surface area contributed by atoms with Crippen LogP contribution < -0.4 is 5.32 Å². The zero-order chi connectivity index (χ0) is 16.3. The van der Waals surface area contributed by atoms with Gasteiger partial charge in [-0.15, -0.1) is 0 Å². The van der Waals surface area contributed by atoms with E-state index in [1.54, 1.807) is 0 Å². The van der Waals surface area contributed by atoms with Crippen LogP contribution in [0.3, 0.4) is 0 Å². The monoisotopic (exact) mass is 367 g/mol. The predicted molar refractivity (Wildman–Crippen MR) is 85.9 cm³/mol. The zero-order valence-corrected chi connectivity index (χ0v) is 14.5. The van der Waals surface area contributed by atoms with Crippen molar-refractivity contribution in [2.75, 3.05) is 5.32 Å². The fourth-order valence-corrected chi connectivity index (χ4v) is 4.64. The van der Waals surface area contributed by atoms with Gasteiger partial charge in [-0.25, -0.2) is 4.39 Å². The van der Waals surface area contributed by atoms with Crippen molar-refractivity contribution in [1.29, 1.82) is 0 Å². The predicted octanol–water partition coefficient (Wildman–Crippen LogP) is 4.31. The number of hydrogen-bond donors (Lipinski definition) is 1. The third-order valence-electron chi connectivity index (χ3n) is 6.32. The van der Waals surface area contributed by atoms with Crippen LogP contribution in [-0.4, -0.2) is 11.7 Å². The van der Waals surface area contributed by atoms with Crippen LogP contribution in [0.2, 0.25) is 0 Å². The average Bonchev–Trinajstić information content (AvgIpc) is 2.72. The molecule has 3 rings (SSSR count). The smallest absolute Gasteiger partial charge is 0.231 e. The number of amides is 1. The van der Waals surface area contributed by atoms with Gasteiger partial charge in [0.1, 0.15) is 11.6 Å². The Labute approximate surface area is 137 Å². The molecule has 0 unspecified atom stereocenters. The first-order valence-corrected chi connectivity index (χ1v) is 8.23. The molecule has 0 radical (unpaired) electrons. The van der Waals surface area contributed by atoms with Crippen molar-refractivity contribution in [2.24, 2.45) is 16.2 Å². The molecular formula is C17H19BrFNO2. The number of hydrogen-bond acceptors (Lipinski definition) is 2. The molecule has 2 bridgehead atoms. The van der Waals surface area contributed by atoms with Gasteiger partial charge in [0.25, 0.3) is 0 Å². The lowest BCUT2D eigenvalue weighted by Gasteiger charge is -2.38. The van der Waals surface area contributed by atoms with Gasteiger partial charge in [-0.1, -0.05) is 20.8 Å². The molecule has 118 valence electrons. The van der Waals surface area contributed by atoms with E-state index >= 15 is 0 Å².